The summed E-state index contributed by atoms with van der Waals surface area (Å²) >= 11 is 11.9. The molecule has 3 N–H and O–H groups in total. The van der Waals surface area contributed by atoms with Gasteiger partial charge in [-0.1, -0.05) is 35.3 Å². The van der Waals surface area contributed by atoms with Crippen LogP contribution in [0.5, 0.6) is 0 Å². The quantitative estimate of drug-likeness (QED) is 0.669. The molecular weight excluding hydrogens is 301 g/mol. The van der Waals surface area contributed by atoms with Crippen LogP contribution in [-0.4, -0.2) is 21.0 Å². The number of carboxylic acid groups (broad SMARTS) is 1. The van der Waals surface area contributed by atoms with E-state index in [0.717, 1.165) is 5.56 Å². The molecule has 1 heterocycles. The summed E-state index contributed by atoms with van der Waals surface area (Å²) in [5.74, 6) is -0.609. The molecule has 1 aromatic carbocycles. The number of benzene rings is 1. The smallest absolute Gasteiger partial charge is 0.308 e. The zero-order valence-electron chi connectivity index (χ0n) is 10.3. The maximum atomic E-state index is 10.7. The first-order valence-electron chi connectivity index (χ1n) is 5.72. The van der Waals surface area contributed by atoms with Gasteiger partial charge in [-0.05, 0) is 17.7 Å². The molecule has 0 aliphatic carbocycles. The highest BCUT2D eigenvalue weighted by molar-refractivity contribution is 6.34. The van der Waals surface area contributed by atoms with E-state index in [9.17, 15) is 4.79 Å². The number of aromatic nitrogens is 2. The SMILES string of the molecule is Nc1ccc(Cc2nc(Cl)c(CC(=O)O)c(Cl)n2)cc1. The number of nitrogens with two attached hydrogens (primary N) is 1. The van der Waals surface area contributed by atoms with Crippen molar-refractivity contribution in [1.29, 1.82) is 0 Å². The molecule has 0 fully saturated rings. The molecule has 2 aromatic rings. The lowest BCUT2D eigenvalue weighted by Crippen LogP contribution is -2.06. The highest BCUT2D eigenvalue weighted by Crippen LogP contribution is 2.22. The zero-order chi connectivity index (χ0) is 14.7. The number of carbonyl (C=O) groups is 1. The lowest BCUT2D eigenvalue weighted by atomic mass is 10.1. The van der Waals surface area contributed by atoms with Crippen LogP contribution in [0.15, 0.2) is 24.3 Å². The Morgan fingerprint density at radius 1 is 1.15 bits per heavy atom. The van der Waals surface area contributed by atoms with E-state index in [0.29, 0.717) is 17.9 Å². The van der Waals surface area contributed by atoms with Crippen molar-refractivity contribution in [2.24, 2.45) is 0 Å². The second-order valence-corrected chi connectivity index (χ2v) is 4.90. The second-order valence-electron chi connectivity index (χ2n) is 4.19. The molecule has 0 aliphatic rings. The van der Waals surface area contributed by atoms with Gasteiger partial charge in [-0.3, -0.25) is 4.79 Å². The molecule has 0 radical (unpaired) electrons. The lowest BCUT2D eigenvalue weighted by Gasteiger charge is -2.07. The Balaban J connectivity index is 2.26. The number of rotatable bonds is 4. The molecule has 104 valence electrons. The van der Waals surface area contributed by atoms with Gasteiger partial charge in [-0.25, -0.2) is 9.97 Å². The number of halogens is 2. The number of nitrogens with zero attached hydrogens (tertiary/aromatic N) is 2. The standard InChI is InChI=1S/C13H11Cl2N3O2/c14-12-9(6-11(19)20)13(15)18-10(17-12)5-7-1-3-8(16)4-2-7/h1-4H,5-6,16H2,(H,19,20). The van der Waals surface area contributed by atoms with Crippen molar-refractivity contribution in [1.82, 2.24) is 9.97 Å². The lowest BCUT2D eigenvalue weighted by molar-refractivity contribution is -0.136. The average Bonchev–Trinajstić information content (AvgIpc) is 2.36. The summed E-state index contributed by atoms with van der Waals surface area (Å²) in [6.07, 6.45) is 0.132. The molecule has 20 heavy (non-hydrogen) atoms. The third-order valence-corrected chi connectivity index (χ3v) is 3.25. The fourth-order valence-corrected chi connectivity index (χ4v) is 2.22. The Labute approximate surface area is 125 Å². The van der Waals surface area contributed by atoms with Crippen molar-refractivity contribution in [3.63, 3.8) is 0 Å². The Morgan fingerprint density at radius 2 is 1.70 bits per heavy atom. The fourth-order valence-electron chi connectivity index (χ4n) is 1.67. The van der Waals surface area contributed by atoms with Crippen molar-refractivity contribution >= 4 is 34.9 Å². The summed E-state index contributed by atoms with van der Waals surface area (Å²) in [7, 11) is 0. The van der Waals surface area contributed by atoms with E-state index < -0.39 is 5.97 Å². The first kappa shape index (κ1) is 14.6. The number of hydrogen-bond donors (Lipinski definition) is 2. The highest BCUT2D eigenvalue weighted by atomic mass is 35.5. The van der Waals surface area contributed by atoms with E-state index >= 15 is 0 Å². The van der Waals surface area contributed by atoms with E-state index in [2.05, 4.69) is 9.97 Å². The third-order valence-electron chi connectivity index (χ3n) is 2.62. The monoisotopic (exact) mass is 311 g/mol. The van der Waals surface area contributed by atoms with Gasteiger partial charge in [0.1, 0.15) is 16.1 Å². The minimum atomic E-state index is -1.04. The summed E-state index contributed by atoms with van der Waals surface area (Å²) in [6, 6.07) is 7.26. The first-order valence-corrected chi connectivity index (χ1v) is 6.48. The summed E-state index contributed by atoms with van der Waals surface area (Å²) < 4.78 is 0. The van der Waals surface area contributed by atoms with Gasteiger partial charge >= 0.3 is 5.97 Å². The topological polar surface area (TPSA) is 89.1 Å². The van der Waals surface area contributed by atoms with Crippen LogP contribution in [-0.2, 0) is 17.6 Å². The highest BCUT2D eigenvalue weighted by Gasteiger charge is 2.14. The fraction of sp³-hybridized carbons (Fsp3) is 0.154. The Kier molecular flexibility index (Phi) is 4.42. The predicted octanol–water partition coefficient (Wildman–Crippen LogP) is 2.58. The minimum absolute atomic E-state index is 0.0674. The van der Waals surface area contributed by atoms with Crippen molar-refractivity contribution in [3.8, 4) is 0 Å². The molecule has 1 aromatic heterocycles. The molecule has 7 heteroatoms. The molecule has 0 saturated carbocycles. The van der Waals surface area contributed by atoms with E-state index in [4.69, 9.17) is 34.0 Å². The zero-order valence-corrected chi connectivity index (χ0v) is 11.8. The van der Waals surface area contributed by atoms with Gasteiger partial charge in [-0.2, -0.15) is 0 Å². The van der Waals surface area contributed by atoms with E-state index in [1.54, 1.807) is 12.1 Å². The third kappa shape index (κ3) is 3.59. The van der Waals surface area contributed by atoms with E-state index in [1.165, 1.54) is 0 Å². The van der Waals surface area contributed by atoms with Gasteiger partial charge in [0, 0.05) is 17.7 Å². The van der Waals surface area contributed by atoms with Crippen molar-refractivity contribution in [3.05, 3.63) is 51.5 Å². The van der Waals surface area contributed by atoms with Gasteiger partial charge in [0.25, 0.3) is 0 Å². The van der Waals surface area contributed by atoms with Crippen molar-refractivity contribution in [2.45, 2.75) is 12.8 Å². The largest absolute Gasteiger partial charge is 0.481 e. The molecule has 0 amide bonds. The van der Waals surface area contributed by atoms with Crippen molar-refractivity contribution < 1.29 is 9.90 Å². The number of hydrogen-bond acceptors (Lipinski definition) is 4. The molecular formula is C13H11Cl2N3O2. The Morgan fingerprint density at radius 3 is 2.20 bits per heavy atom. The van der Waals surface area contributed by atoms with Crippen LogP contribution < -0.4 is 5.73 Å². The van der Waals surface area contributed by atoms with Gasteiger partial charge in [-0.15, -0.1) is 0 Å². The molecule has 0 atom stereocenters. The summed E-state index contributed by atoms with van der Waals surface area (Å²) in [6.45, 7) is 0. The number of nitrogen functional groups attached to an aromatic ring is 1. The predicted molar refractivity (Wildman–Crippen MR) is 77.1 cm³/mol. The van der Waals surface area contributed by atoms with Crippen LogP contribution in [0.1, 0.15) is 17.0 Å². The molecule has 0 bridgehead atoms. The van der Waals surface area contributed by atoms with Crippen LogP contribution >= 0.6 is 23.2 Å². The van der Waals surface area contributed by atoms with Crippen LogP contribution in [0.3, 0.4) is 0 Å². The maximum absolute atomic E-state index is 10.7. The summed E-state index contributed by atoms with van der Waals surface area (Å²) in [4.78, 5) is 18.9. The molecule has 0 aliphatic heterocycles. The average molecular weight is 312 g/mol. The molecule has 0 saturated heterocycles. The Bertz CT molecular complexity index is 622. The molecule has 0 spiro atoms. The number of carboxylic acids is 1. The maximum Gasteiger partial charge on any atom is 0.308 e. The van der Waals surface area contributed by atoms with E-state index in [-0.39, 0.29) is 22.3 Å². The van der Waals surface area contributed by atoms with Gasteiger partial charge in [0.15, 0.2) is 0 Å². The summed E-state index contributed by atoms with van der Waals surface area (Å²) in [5, 5.41) is 8.90. The molecule has 5 nitrogen and oxygen atoms in total. The van der Waals surface area contributed by atoms with Crippen molar-refractivity contribution in [2.75, 3.05) is 5.73 Å². The van der Waals surface area contributed by atoms with Crippen LogP contribution in [0.2, 0.25) is 10.3 Å². The number of aliphatic carboxylic acids is 1. The number of anilines is 1. The second kappa shape index (κ2) is 6.07. The normalized spacial score (nSPS) is 10.5. The summed E-state index contributed by atoms with van der Waals surface area (Å²) in [5.41, 5.74) is 7.45. The van der Waals surface area contributed by atoms with Crippen LogP contribution in [0.4, 0.5) is 5.69 Å². The van der Waals surface area contributed by atoms with Crippen LogP contribution in [0, 0.1) is 0 Å². The first-order chi connectivity index (χ1) is 9.45. The molecule has 2 rings (SSSR count). The minimum Gasteiger partial charge on any atom is -0.481 e. The van der Waals surface area contributed by atoms with Crippen LogP contribution in [0.25, 0.3) is 0 Å². The van der Waals surface area contributed by atoms with Gasteiger partial charge < -0.3 is 10.8 Å². The van der Waals surface area contributed by atoms with Gasteiger partial charge in [0.05, 0.1) is 6.42 Å². The Hall–Kier alpha value is -1.85. The van der Waals surface area contributed by atoms with E-state index in [1.807, 2.05) is 12.1 Å². The van der Waals surface area contributed by atoms with Gasteiger partial charge in [0.2, 0.25) is 0 Å². The molecule has 0 unspecified atom stereocenters.